The van der Waals surface area contributed by atoms with Gasteiger partial charge in [-0.2, -0.15) is 0 Å². The van der Waals surface area contributed by atoms with Gasteiger partial charge in [0.25, 0.3) is 5.91 Å². The number of benzene rings is 2. The van der Waals surface area contributed by atoms with Crippen LogP contribution in [-0.2, 0) is 0 Å². The zero-order chi connectivity index (χ0) is 13.8. The highest BCUT2D eigenvalue weighted by Gasteiger charge is 2.12. The summed E-state index contributed by atoms with van der Waals surface area (Å²) < 4.78 is 0.802. The van der Waals surface area contributed by atoms with Crippen LogP contribution in [-0.4, -0.2) is 12.2 Å². The van der Waals surface area contributed by atoms with Crippen molar-refractivity contribution in [2.45, 2.75) is 4.90 Å². The number of hydrogen-bond donors (Lipinski definition) is 2. The maximum absolute atomic E-state index is 12.3. The molecule has 0 saturated carbocycles. The van der Waals surface area contributed by atoms with Crippen molar-refractivity contribution in [1.29, 1.82) is 0 Å². The molecule has 3 nitrogen and oxygen atoms in total. The van der Waals surface area contributed by atoms with Gasteiger partial charge in [0.15, 0.2) is 0 Å². The highest BCUT2D eigenvalue weighted by Crippen LogP contribution is 2.26. The zero-order valence-electron chi connectivity index (χ0n) is 10.3. The van der Waals surface area contributed by atoms with Gasteiger partial charge in [0.2, 0.25) is 0 Å². The molecule has 2 aromatic rings. The van der Waals surface area contributed by atoms with Gasteiger partial charge < -0.3 is 11.1 Å². The Morgan fingerprint density at radius 2 is 2.00 bits per heavy atom. The van der Waals surface area contributed by atoms with E-state index in [1.165, 1.54) is 0 Å². The van der Waals surface area contributed by atoms with Gasteiger partial charge in [0, 0.05) is 15.1 Å². The molecule has 19 heavy (non-hydrogen) atoms. The van der Waals surface area contributed by atoms with Crippen molar-refractivity contribution in [3.63, 3.8) is 0 Å². The van der Waals surface area contributed by atoms with Crippen molar-refractivity contribution in [3.8, 4) is 0 Å². The number of carbonyl (C=O) groups is 1. The number of nitrogen functional groups attached to an aromatic ring is 1. The summed E-state index contributed by atoms with van der Waals surface area (Å²) in [6, 6.07) is 12.8. The number of thioether (sulfide) groups is 1. The Balaban J connectivity index is 2.28. The first-order valence-corrected chi connectivity index (χ1v) is 7.63. The first-order valence-electron chi connectivity index (χ1n) is 5.61. The third-order valence-electron chi connectivity index (χ3n) is 2.59. The summed E-state index contributed by atoms with van der Waals surface area (Å²) in [5.41, 5.74) is 7.65. The molecule has 0 heterocycles. The molecule has 0 aromatic heterocycles. The Labute approximate surface area is 124 Å². The molecule has 0 aliphatic rings. The Hall–Kier alpha value is -1.46. The number of halogens is 1. The Kier molecular flexibility index (Phi) is 4.50. The monoisotopic (exact) mass is 336 g/mol. The predicted molar refractivity (Wildman–Crippen MR) is 84.7 cm³/mol. The molecule has 2 rings (SSSR count). The fourth-order valence-electron chi connectivity index (χ4n) is 1.66. The first kappa shape index (κ1) is 14.0. The molecular weight excluding hydrogens is 324 g/mol. The van der Waals surface area contributed by atoms with Crippen molar-refractivity contribution in [3.05, 3.63) is 52.5 Å². The van der Waals surface area contributed by atoms with Gasteiger partial charge in [0.1, 0.15) is 0 Å². The molecule has 0 aliphatic heterocycles. The van der Waals surface area contributed by atoms with Gasteiger partial charge >= 0.3 is 0 Å². The number of nitrogens with one attached hydrogen (secondary N) is 1. The van der Waals surface area contributed by atoms with E-state index in [9.17, 15) is 4.79 Å². The van der Waals surface area contributed by atoms with Gasteiger partial charge in [-0.25, -0.2) is 0 Å². The number of amides is 1. The molecule has 5 heteroatoms. The normalized spacial score (nSPS) is 10.2. The van der Waals surface area contributed by atoms with E-state index in [2.05, 4.69) is 21.2 Å². The van der Waals surface area contributed by atoms with Gasteiger partial charge in [-0.05, 0) is 52.5 Å². The summed E-state index contributed by atoms with van der Waals surface area (Å²) >= 11 is 4.94. The quantitative estimate of drug-likeness (QED) is 0.657. The van der Waals surface area contributed by atoms with E-state index in [1.54, 1.807) is 30.0 Å². The summed E-state index contributed by atoms with van der Waals surface area (Å²) in [6.45, 7) is 0. The van der Waals surface area contributed by atoms with Crippen LogP contribution in [0.25, 0.3) is 0 Å². The van der Waals surface area contributed by atoms with Crippen LogP contribution in [0.3, 0.4) is 0 Å². The van der Waals surface area contributed by atoms with E-state index >= 15 is 0 Å². The van der Waals surface area contributed by atoms with Gasteiger partial charge in [-0.1, -0.05) is 12.1 Å². The Morgan fingerprint density at radius 1 is 1.26 bits per heavy atom. The molecule has 0 atom stereocenters. The maximum atomic E-state index is 12.3. The van der Waals surface area contributed by atoms with Crippen LogP contribution < -0.4 is 11.1 Å². The SMILES string of the molecule is CSc1ccccc1C(=O)Nc1cc(N)ccc1Br. The Morgan fingerprint density at radius 3 is 2.74 bits per heavy atom. The minimum absolute atomic E-state index is 0.142. The average molecular weight is 337 g/mol. The molecule has 0 unspecified atom stereocenters. The molecule has 0 radical (unpaired) electrons. The molecule has 0 bridgehead atoms. The first-order chi connectivity index (χ1) is 9.11. The van der Waals surface area contributed by atoms with Crippen molar-refractivity contribution < 1.29 is 4.79 Å². The summed E-state index contributed by atoms with van der Waals surface area (Å²) in [6.07, 6.45) is 1.95. The predicted octanol–water partition coefficient (Wildman–Crippen LogP) is 4.01. The van der Waals surface area contributed by atoms with Gasteiger partial charge in [0.05, 0.1) is 11.3 Å². The average Bonchev–Trinajstić information content (AvgIpc) is 2.42. The summed E-state index contributed by atoms with van der Waals surface area (Å²) in [7, 11) is 0. The fourth-order valence-corrected chi connectivity index (χ4v) is 2.60. The zero-order valence-corrected chi connectivity index (χ0v) is 12.7. The lowest BCUT2D eigenvalue weighted by molar-refractivity contribution is 0.102. The van der Waals surface area contributed by atoms with Crippen LogP contribution in [0.15, 0.2) is 51.8 Å². The molecule has 0 aliphatic carbocycles. The number of anilines is 2. The summed E-state index contributed by atoms with van der Waals surface area (Å²) in [5, 5.41) is 2.86. The van der Waals surface area contributed by atoms with Crippen molar-refractivity contribution in [2.75, 3.05) is 17.3 Å². The second-order valence-electron chi connectivity index (χ2n) is 3.89. The number of rotatable bonds is 3. The lowest BCUT2D eigenvalue weighted by Crippen LogP contribution is -2.13. The van der Waals surface area contributed by atoms with Crippen molar-refractivity contribution >= 4 is 45.0 Å². The number of carbonyl (C=O) groups excluding carboxylic acids is 1. The van der Waals surface area contributed by atoms with Crippen molar-refractivity contribution in [1.82, 2.24) is 0 Å². The fraction of sp³-hybridized carbons (Fsp3) is 0.0714. The summed E-state index contributed by atoms with van der Waals surface area (Å²) in [4.78, 5) is 13.2. The smallest absolute Gasteiger partial charge is 0.256 e. The van der Waals surface area contributed by atoms with Crippen LogP contribution in [0.1, 0.15) is 10.4 Å². The number of nitrogens with two attached hydrogens (primary N) is 1. The van der Waals surface area contributed by atoms with Crippen molar-refractivity contribution in [2.24, 2.45) is 0 Å². The van der Waals surface area contributed by atoms with E-state index in [0.717, 1.165) is 9.37 Å². The minimum atomic E-state index is -0.142. The lowest BCUT2D eigenvalue weighted by Gasteiger charge is -2.10. The van der Waals surface area contributed by atoms with Gasteiger partial charge in [-0.15, -0.1) is 11.8 Å². The van der Waals surface area contributed by atoms with E-state index in [4.69, 9.17) is 5.73 Å². The molecule has 0 fully saturated rings. The topological polar surface area (TPSA) is 55.1 Å². The second-order valence-corrected chi connectivity index (χ2v) is 5.60. The van der Waals surface area contributed by atoms with Crippen LogP contribution in [0.5, 0.6) is 0 Å². The lowest BCUT2D eigenvalue weighted by atomic mass is 10.2. The van der Waals surface area contributed by atoms with Crippen LogP contribution in [0, 0.1) is 0 Å². The van der Waals surface area contributed by atoms with E-state index < -0.39 is 0 Å². The number of hydrogen-bond acceptors (Lipinski definition) is 3. The maximum Gasteiger partial charge on any atom is 0.256 e. The molecule has 1 amide bonds. The molecule has 3 N–H and O–H groups in total. The highest BCUT2D eigenvalue weighted by atomic mass is 79.9. The largest absolute Gasteiger partial charge is 0.399 e. The standard InChI is InChI=1S/C14H13BrN2OS/c1-19-13-5-3-2-4-10(13)14(18)17-12-8-9(16)6-7-11(12)15/h2-8H,16H2,1H3,(H,17,18). The minimum Gasteiger partial charge on any atom is -0.399 e. The molecule has 0 saturated heterocycles. The molecule has 0 spiro atoms. The van der Waals surface area contributed by atoms with Gasteiger partial charge in [-0.3, -0.25) is 4.79 Å². The molecular formula is C14H13BrN2OS. The van der Waals surface area contributed by atoms with Crippen LogP contribution in [0.4, 0.5) is 11.4 Å². The highest BCUT2D eigenvalue weighted by molar-refractivity contribution is 9.10. The summed E-state index contributed by atoms with van der Waals surface area (Å²) in [5.74, 6) is -0.142. The van der Waals surface area contributed by atoms with Crippen LogP contribution >= 0.6 is 27.7 Å². The Bertz CT molecular complexity index is 616. The third kappa shape index (κ3) is 3.30. The third-order valence-corrected chi connectivity index (χ3v) is 4.08. The molecule has 98 valence electrons. The van der Waals surface area contributed by atoms with Crippen LogP contribution in [0.2, 0.25) is 0 Å². The van der Waals surface area contributed by atoms with E-state index in [0.29, 0.717) is 16.9 Å². The second kappa shape index (κ2) is 6.12. The van der Waals surface area contributed by atoms with E-state index in [1.807, 2.05) is 30.5 Å². The van der Waals surface area contributed by atoms with E-state index in [-0.39, 0.29) is 5.91 Å². The molecule has 2 aromatic carbocycles.